The van der Waals surface area contributed by atoms with Gasteiger partial charge < -0.3 is 4.90 Å². The van der Waals surface area contributed by atoms with E-state index in [0.717, 1.165) is 6.42 Å². The Hall–Kier alpha value is -2.43. The Balaban J connectivity index is 1.63. The number of fused-ring (bicyclic) bond motifs is 5. The molecule has 3 aliphatic rings. The van der Waals surface area contributed by atoms with Gasteiger partial charge in [-0.2, -0.15) is 0 Å². The number of nitrogens with zero attached hydrogens (tertiary/aromatic N) is 2. The number of allylic oxidation sites excluding steroid dienone is 2. The molecule has 2 fully saturated rings. The third kappa shape index (κ3) is 1.89. The fraction of sp³-hybridized carbons (Fsp3) is 0.389. The maximum Gasteiger partial charge on any atom is 0.253 e. The van der Waals surface area contributed by atoms with Crippen LogP contribution in [0.25, 0.3) is 0 Å². The topological polar surface area (TPSA) is 57.7 Å². The second-order valence-corrected chi connectivity index (χ2v) is 6.76. The Morgan fingerprint density at radius 2 is 1.52 bits per heavy atom. The third-order valence-electron chi connectivity index (χ3n) is 5.25. The average Bonchev–Trinajstić information content (AvgIpc) is 3.21. The third-order valence-corrected chi connectivity index (χ3v) is 5.25. The normalized spacial score (nSPS) is 31.0. The Bertz CT molecular complexity index is 705. The van der Waals surface area contributed by atoms with Crippen molar-refractivity contribution in [3.8, 4) is 0 Å². The number of benzene rings is 1. The maximum absolute atomic E-state index is 12.7. The SMILES string of the molecule is CN(C)C(=O)c1ccc(N2C(=O)C3C4C=CC(C4)C3C2=O)cc1. The van der Waals surface area contributed by atoms with E-state index in [0.29, 0.717) is 11.3 Å². The van der Waals surface area contributed by atoms with Crippen molar-refractivity contribution in [2.24, 2.45) is 23.7 Å². The van der Waals surface area contributed by atoms with Gasteiger partial charge in [0, 0.05) is 19.7 Å². The van der Waals surface area contributed by atoms with Crippen molar-refractivity contribution in [3.05, 3.63) is 42.0 Å². The second-order valence-electron chi connectivity index (χ2n) is 6.76. The van der Waals surface area contributed by atoms with Crippen LogP contribution in [-0.2, 0) is 9.59 Å². The van der Waals surface area contributed by atoms with E-state index in [-0.39, 0.29) is 41.4 Å². The first-order chi connectivity index (χ1) is 11.0. The van der Waals surface area contributed by atoms with Gasteiger partial charge in [-0.15, -0.1) is 0 Å². The summed E-state index contributed by atoms with van der Waals surface area (Å²) in [7, 11) is 3.38. The van der Waals surface area contributed by atoms with Gasteiger partial charge in [0.2, 0.25) is 11.8 Å². The number of hydrogen-bond acceptors (Lipinski definition) is 3. The Morgan fingerprint density at radius 3 is 2.00 bits per heavy atom. The lowest BCUT2D eigenvalue weighted by Gasteiger charge is -2.18. The quantitative estimate of drug-likeness (QED) is 0.617. The van der Waals surface area contributed by atoms with Crippen molar-refractivity contribution in [3.63, 3.8) is 0 Å². The molecular formula is C18H18N2O3. The molecule has 5 heteroatoms. The minimum absolute atomic E-state index is 0.0939. The first kappa shape index (κ1) is 14.2. The Labute approximate surface area is 134 Å². The van der Waals surface area contributed by atoms with Crippen LogP contribution in [0.15, 0.2) is 36.4 Å². The lowest BCUT2D eigenvalue weighted by molar-refractivity contribution is -0.123. The summed E-state index contributed by atoms with van der Waals surface area (Å²) >= 11 is 0. The van der Waals surface area contributed by atoms with Crippen molar-refractivity contribution < 1.29 is 14.4 Å². The number of anilines is 1. The van der Waals surface area contributed by atoms with Gasteiger partial charge in [0.25, 0.3) is 5.91 Å². The Morgan fingerprint density at radius 1 is 1.00 bits per heavy atom. The van der Waals surface area contributed by atoms with Crippen molar-refractivity contribution in [2.45, 2.75) is 6.42 Å². The summed E-state index contributed by atoms with van der Waals surface area (Å²) in [6.45, 7) is 0. The molecular weight excluding hydrogens is 292 g/mol. The van der Waals surface area contributed by atoms with Gasteiger partial charge in [-0.1, -0.05) is 12.2 Å². The predicted octanol–water partition coefficient (Wildman–Crippen LogP) is 1.70. The molecule has 2 bridgehead atoms. The molecule has 1 aromatic rings. The van der Waals surface area contributed by atoms with E-state index < -0.39 is 0 Å². The van der Waals surface area contributed by atoms with E-state index in [1.807, 2.05) is 0 Å². The summed E-state index contributed by atoms with van der Waals surface area (Å²) in [6, 6.07) is 6.70. The van der Waals surface area contributed by atoms with E-state index in [4.69, 9.17) is 0 Å². The fourth-order valence-corrected chi connectivity index (χ4v) is 4.17. The summed E-state index contributed by atoms with van der Waals surface area (Å²) in [5, 5.41) is 0. The van der Waals surface area contributed by atoms with Gasteiger partial charge in [0.05, 0.1) is 17.5 Å². The zero-order valence-corrected chi connectivity index (χ0v) is 13.1. The van der Waals surface area contributed by atoms with Crippen molar-refractivity contribution in [1.82, 2.24) is 4.90 Å². The largest absolute Gasteiger partial charge is 0.345 e. The number of carbonyl (C=O) groups excluding carboxylic acids is 3. The molecule has 1 aromatic carbocycles. The molecule has 2 aliphatic carbocycles. The molecule has 1 saturated carbocycles. The maximum atomic E-state index is 12.7. The summed E-state index contributed by atoms with van der Waals surface area (Å²) in [4.78, 5) is 40.2. The molecule has 4 unspecified atom stereocenters. The summed E-state index contributed by atoms with van der Waals surface area (Å²) in [6.07, 6.45) is 5.09. The number of rotatable bonds is 2. The molecule has 1 aliphatic heterocycles. The molecule has 0 radical (unpaired) electrons. The van der Waals surface area contributed by atoms with Crippen LogP contribution in [0.2, 0.25) is 0 Å². The number of imide groups is 1. The predicted molar refractivity (Wildman–Crippen MR) is 84.7 cm³/mol. The van der Waals surface area contributed by atoms with Gasteiger partial charge in [0.1, 0.15) is 0 Å². The first-order valence-electron chi connectivity index (χ1n) is 7.87. The smallest absolute Gasteiger partial charge is 0.253 e. The van der Waals surface area contributed by atoms with Crippen molar-refractivity contribution in [1.29, 1.82) is 0 Å². The molecule has 0 N–H and O–H groups in total. The van der Waals surface area contributed by atoms with E-state index in [2.05, 4.69) is 12.2 Å². The molecule has 1 heterocycles. The minimum Gasteiger partial charge on any atom is -0.345 e. The monoisotopic (exact) mass is 310 g/mol. The summed E-state index contributed by atoms with van der Waals surface area (Å²) in [5.41, 5.74) is 1.10. The van der Waals surface area contributed by atoms with Crippen LogP contribution in [0.3, 0.4) is 0 Å². The standard InChI is InChI=1S/C18H18N2O3/c1-19(2)16(21)10-5-7-13(8-6-10)20-17(22)14-11-3-4-12(9-11)15(14)18(20)23/h3-8,11-12,14-15H,9H2,1-2H3. The highest BCUT2D eigenvalue weighted by atomic mass is 16.2. The molecule has 1 saturated heterocycles. The van der Waals surface area contributed by atoms with E-state index >= 15 is 0 Å². The molecule has 3 amide bonds. The van der Waals surface area contributed by atoms with Gasteiger partial charge >= 0.3 is 0 Å². The van der Waals surface area contributed by atoms with Gasteiger partial charge in [-0.25, -0.2) is 0 Å². The van der Waals surface area contributed by atoms with Gasteiger partial charge in [-0.3, -0.25) is 19.3 Å². The van der Waals surface area contributed by atoms with Crippen LogP contribution in [0, 0.1) is 23.7 Å². The van der Waals surface area contributed by atoms with E-state index in [1.54, 1.807) is 38.4 Å². The fourth-order valence-electron chi connectivity index (χ4n) is 4.17. The van der Waals surface area contributed by atoms with Crippen LogP contribution < -0.4 is 4.90 Å². The van der Waals surface area contributed by atoms with Crippen LogP contribution in [-0.4, -0.2) is 36.7 Å². The molecule has 0 aromatic heterocycles. The molecule has 4 rings (SSSR count). The molecule has 118 valence electrons. The molecule has 23 heavy (non-hydrogen) atoms. The van der Waals surface area contributed by atoms with Crippen LogP contribution in [0.4, 0.5) is 5.69 Å². The van der Waals surface area contributed by atoms with Gasteiger partial charge in [-0.05, 0) is 42.5 Å². The minimum atomic E-state index is -0.194. The summed E-state index contributed by atoms with van der Waals surface area (Å²) < 4.78 is 0. The van der Waals surface area contributed by atoms with Crippen LogP contribution in [0.5, 0.6) is 0 Å². The zero-order chi connectivity index (χ0) is 16.3. The van der Waals surface area contributed by atoms with E-state index in [1.165, 1.54) is 9.80 Å². The molecule has 4 atom stereocenters. The highest BCUT2D eigenvalue weighted by molar-refractivity contribution is 6.22. The van der Waals surface area contributed by atoms with E-state index in [9.17, 15) is 14.4 Å². The zero-order valence-electron chi connectivity index (χ0n) is 13.1. The first-order valence-corrected chi connectivity index (χ1v) is 7.87. The average molecular weight is 310 g/mol. The Kier molecular flexibility index (Phi) is 2.95. The van der Waals surface area contributed by atoms with Crippen molar-refractivity contribution >= 4 is 23.4 Å². The highest BCUT2D eigenvalue weighted by Crippen LogP contribution is 2.53. The number of hydrogen-bond donors (Lipinski definition) is 0. The van der Waals surface area contributed by atoms with Crippen LogP contribution >= 0.6 is 0 Å². The second kappa shape index (κ2) is 4.78. The lowest BCUT2D eigenvalue weighted by atomic mass is 9.85. The lowest BCUT2D eigenvalue weighted by Crippen LogP contribution is -2.32. The number of amides is 3. The molecule has 0 spiro atoms. The highest BCUT2D eigenvalue weighted by Gasteiger charge is 2.59. The van der Waals surface area contributed by atoms with Gasteiger partial charge in [0.15, 0.2) is 0 Å². The summed E-state index contributed by atoms with van der Waals surface area (Å²) in [5.74, 6) is -0.259. The van der Waals surface area contributed by atoms with Crippen LogP contribution in [0.1, 0.15) is 16.8 Å². The van der Waals surface area contributed by atoms with Crippen molar-refractivity contribution in [2.75, 3.05) is 19.0 Å². The number of carbonyl (C=O) groups is 3. The molecule has 5 nitrogen and oxygen atoms in total.